The van der Waals surface area contributed by atoms with E-state index in [2.05, 4.69) is 5.32 Å². The van der Waals surface area contributed by atoms with Crippen LogP contribution in [0.2, 0.25) is 0 Å². The molecule has 0 aromatic heterocycles. The number of carbonyl (C=O) groups excluding carboxylic acids is 3. The van der Waals surface area contributed by atoms with Gasteiger partial charge in [0.1, 0.15) is 5.75 Å². The molecule has 1 aliphatic heterocycles. The first-order chi connectivity index (χ1) is 16.4. The van der Waals surface area contributed by atoms with Crippen molar-refractivity contribution in [3.63, 3.8) is 0 Å². The number of benzene rings is 2. The topological polar surface area (TPSA) is 94.2 Å². The zero-order valence-electron chi connectivity index (χ0n) is 19.7. The second-order valence-electron chi connectivity index (χ2n) is 7.52. The first-order valence-corrected chi connectivity index (χ1v) is 11.6. The minimum Gasteiger partial charge on any atom is -0.496 e. The third-order valence-corrected chi connectivity index (χ3v) is 6.01. The summed E-state index contributed by atoms with van der Waals surface area (Å²) in [5, 5.41) is 2.40. The molecule has 0 unspecified atom stereocenters. The molecular weight excluding hydrogens is 456 g/mol. The molecule has 1 heterocycles. The van der Waals surface area contributed by atoms with Crippen LogP contribution in [0.15, 0.2) is 41.3 Å². The van der Waals surface area contributed by atoms with Crippen LogP contribution in [0.1, 0.15) is 23.6 Å². The molecule has 3 rings (SSSR count). The van der Waals surface area contributed by atoms with Crippen LogP contribution in [-0.4, -0.2) is 55.9 Å². The van der Waals surface area contributed by atoms with Crippen molar-refractivity contribution < 1.29 is 28.6 Å². The van der Waals surface area contributed by atoms with Crippen molar-refractivity contribution in [3.8, 4) is 17.2 Å². The zero-order valence-corrected chi connectivity index (χ0v) is 20.5. The van der Waals surface area contributed by atoms with Gasteiger partial charge in [0.25, 0.3) is 11.1 Å². The number of aryl methyl sites for hydroxylation is 1. The molecule has 34 heavy (non-hydrogen) atoms. The molecular formula is C25H28N2O6S. The first-order valence-electron chi connectivity index (χ1n) is 10.8. The van der Waals surface area contributed by atoms with Crippen molar-refractivity contribution in [3.05, 3.63) is 58.0 Å². The fraction of sp³-hybridized carbons (Fsp3) is 0.320. The van der Waals surface area contributed by atoms with Crippen molar-refractivity contribution in [2.75, 3.05) is 33.9 Å². The zero-order chi connectivity index (χ0) is 24.7. The summed E-state index contributed by atoms with van der Waals surface area (Å²) < 4.78 is 16.2. The van der Waals surface area contributed by atoms with Crippen LogP contribution in [-0.2, 0) is 16.0 Å². The monoisotopic (exact) mass is 484 g/mol. The smallest absolute Gasteiger partial charge is 0.293 e. The van der Waals surface area contributed by atoms with E-state index in [1.165, 1.54) is 0 Å². The fourth-order valence-corrected chi connectivity index (χ4v) is 4.35. The van der Waals surface area contributed by atoms with E-state index in [1.807, 2.05) is 32.0 Å². The van der Waals surface area contributed by atoms with Crippen molar-refractivity contribution >= 4 is 34.9 Å². The summed E-state index contributed by atoms with van der Waals surface area (Å²) >= 11 is 0.870. The Kier molecular flexibility index (Phi) is 8.59. The van der Waals surface area contributed by atoms with Crippen molar-refractivity contribution in [1.29, 1.82) is 0 Å². The molecule has 1 aliphatic rings. The van der Waals surface area contributed by atoms with Crippen LogP contribution in [0.5, 0.6) is 17.2 Å². The molecule has 2 aromatic rings. The van der Waals surface area contributed by atoms with E-state index in [0.717, 1.165) is 27.8 Å². The van der Waals surface area contributed by atoms with Gasteiger partial charge < -0.3 is 19.5 Å². The molecule has 3 amide bonds. The molecule has 0 radical (unpaired) electrons. The van der Waals surface area contributed by atoms with Crippen LogP contribution in [0.25, 0.3) is 6.08 Å². The van der Waals surface area contributed by atoms with Crippen LogP contribution in [0, 0.1) is 6.92 Å². The van der Waals surface area contributed by atoms with Crippen LogP contribution in [0.4, 0.5) is 4.79 Å². The summed E-state index contributed by atoms with van der Waals surface area (Å²) in [6.45, 7) is 4.58. The van der Waals surface area contributed by atoms with E-state index < -0.39 is 5.91 Å². The number of methoxy groups -OCH3 is 2. The second-order valence-corrected chi connectivity index (χ2v) is 8.51. The first kappa shape index (κ1) is 25.2. The number of imide groups is 1. The third-order valence-electron chi connectivity index (χ3n) is 5.10. The molecule has 2 aromatic carbocycles. The summed E-state index contributed by atoms with van der Waals surface area (Å²) in [5.74, 6) is 1.19. The predicted molar refractivity (Wildman–Crippen MR) is 131 cm³/mol. The van der Waals surface area contributed by atoms with Gasteiger partial charge in [0.15, 0.2) is 11.5 Å². The van der Waals surface area contributed by atoms with E-state index in [9.17, 15) is 14.4 Å². The molecule has 0 atom stereocenters. The highest BCUT2D eigenvalue weighted by molar-refractivity contribution is 8.18. The van der Waals surface area contributed by atoms with E-state index in [1.54, 1.807) is 38.5 Å². The average Bonchev–Trinajstić information content (AvgIpc) is 3.07. The standard InChI is InChI=1S/C25H28N2O6S/c1-5-33-20-9-7-17(13-21(20)32-4)14-22-24(29)27(25(30)34-22)11-10-26-23(28)15-18-12-16(2)6-8-19(18)31-3/h6-9,12-14H,5,10-11,15H2,1-4H3,(H,26,28)/b22-14-. The Labute approximate surface area is 203 Å². The largest absolute Gasteiger partial charge is 0.496 e. The lowest BCUT2D eigenvalue weighted by Crippen LogP contribution is -2.37. The summed E-state index contributed by atoms with van der Waals surface area (Å²) in [5.41, 5.74) is 2.52. The molecule has 0 saturated carbocycles. The summed E-state index contributed by atoms with van der Waals surface area (Å²) in [7, 11) is 3.10. The maximum absolute atomic E-state index is 12.8. The van der Waals surface area contributed by atoms with Crippen LogP contribution < -0.4 is 19.5 Å². The molecule has 1 N–H and O–H groups in total. The Bertz CT molecular complexity index is 1110. The molecule has 0 bridgehead atoms. The summed E-state index contributed by atoms with van der Waals surface area (Å²) in [4.78, 5) is 39.0. The Morgan fingerprint density at radius 2 is 1.79 bits per heavy atom. The van der Waals surface area contributed by atoms with Gasteiger partial charge >= 0.3 is 0 Å². The lowest BCUT2D eigenvalue weighted by Gasteiger charge is -2.14. The number of hydrogen-bond acceptors (Lipinski definition) is 7. The van der Waals surface area contributed by atoms with Gasteiger partial charge in [0.05, 0.1) is 32.2 Å². The van der Waals surface area contributed by atoms with Gasteiger partial charge in [-0.05, 0) is 55.4 Å². The highest BCUT2D eigenvalue weighted by Gasteiger charge is 2.34. The molecule has 9 heteroatoms. The SMILES string of the molecule is CCOc1ccc(/C=C2\SC(=O)N(CCNC(=O)Cc3cc(C)ccc3OC)C2=O)cc1OC. The number of ether oxygens (including phenoxy) is 3. The maximum atomic E-state index is 12.8. The van der Waals surface area contributed by atoms with Crippen molar-refractivity contribution in [2.24, 2.45) is 0 Å². The highest BCUT2D eigenvalue weighted by atomic mass is 32.2. The molecule has 0 spiro atoms. The lowest BCUT2D eigenvalue weighted by molar-refractivity contribution is -0.124. The average molecular weight is 485 g/mol. The number of hydrogen-bond donors (Lipinski definition) is 1. The van der Waals surface area contributed by atoms with E-state index in [0.29, 0.717) is 34.3 Å². The predicted octanol–water partition coefficient (Wildman–Crippen LogP) is 3.81. The van der Waals surface area contributed by atoms with Gasteiger partial charge in [-0.2, -0.15) is 0 Å². The van der Waals surface area contributed by atoms with E-state index in [-0.39, 0.29) is 30.7 Å². The lowest BCUT2D eigenvalue weighted by atomic mass is 10.1. The molecule has 8 nitrogen and oxygen atoms in total. The second kappa shape index (κ2) is 11.6. The van der Waals surface area contributed by atoms with Gasteiger partial charge in [0.2, 0.25) is 5.91 Å². The Hall–Kier alpha value is -3.46. The van der Waals surface area contributed by atoms with Crippen molar-refractivity contribution in [2.45, 2.75) is 20.3 Å². The number of carbonyl (C=O) groups is 3. The summed E-state index contributed by atoms with van der Waals surface area (Å²) in [6.07, 6.45) is 1.79. The molecule has 0 aliphatic carbocycles. The fourth-order valence-electron chi connectivity index (χ4n) is 3.48. The number of thioether (sulfide) groups is 1. The van der Waals surface area contributed by atoms with Gasteiger partial charge in [0, 0.05) is 18.7 Å². The number of amides is 3. The third kappa shape index (κ3) is 6.11. The van der Waals surface area contributed by atoms with Gasteiger partial charge in [-0.1, -0.05) is 23.8 Å². The van der Waals surface area contributed by atoms with Crippen molar-refractivity contribution in [1.82, 2.24) is 10.2 Å². The Morgan fingerprint density at radius 1 is 1.06 bits per heavy atom. The van der Waals surface area contributed by atoms with Gasteiger partial charge in [-0.15, -0.1) is 0 Å². The van der Waals surface area contributed by atoms with Gasteiger partial charge in [-0.25, -0.2) is 0 Å². The minimum absolute atomic E-state index is 0.0886. The van der Waals surface area contributed by atoms with E-state index >= 15 is 0 Å². The summed E-state index contributed by atoms with van der Waals surface area (Å²) in [6, 6.07) is 10.9. The number of nitrogens with one attached hydrogen (secondary N) is 1. The maximum Gasteiger partial charge on any atom is 0.293 e. The number of nitrogens with zero attached hydrogens (tertiary/aromatic N) is 1. The quantitative estimate of drug-likeness (QED) is 0.513. The molecule has 180 valence electrons. The van der Waals surface area contributed by atoms with Crippen LogP contribution in [0.3, 0.4) is 0 Å². The van der Waals surface area contributed by atoms with E-state index in [4.69, 9.17) is 14.2 Å². The van der Waals surface area contributed by atoms with Gasteiger partial charge in [-0.3, -0.25) is 19.3 Å². The Morgan fingerprint density at radius 3 is 2.50 bits per heavy atom. The Balaban J connectivity index is 1.59. The molecule has 1 fully saturated rings. The molecule has 1 saturated heterocycles. The number of rotatable bonds is 10. The minimum atomic E-state index is -0.391. The van der Waals surface area contributed by atoms with Crippen LogP contribution >= 0.6 is 11.8 Å². The normalized spacial score (nSPS) is 14.5. The highest BCUT2D eigenvalue weighted by Crippen LogP contribution is 2.34.